The van der Waals surface area contributed by atoms with Crippen LogP contribution >= 0.6 is 11.6 Å². The van der Waals surface area contributed by atoms with E-state index in [0.717, 1.165) is 28.6 Å². The van der Waals surface area contributed by atoms with Crippen LogP contribution in [0, 0.1) is 5.82 Å². The Morgan fingerprint density at radius 2 is 1.73 bits per heavy atom. The number of carbonyl (C=O) groups is 1. The van der Waals surface area contributed by atoms with Crippen LogP contribution in [0.1, 0.15) is 0 Å². The third kappa shape index (κ3) is 3.37. The predicted molar refractivity (Wildman–Crippen MR) is 81.6 cm³/mol. The second kappa shape index (κ2) is 6.33. The van der Waals surface area contributed by atoms with Crippen LogP contribution in [0.5, 0.6) is 0 Å². The van der Waals surface area contributed by atoms with Crippen molar-refractivity contribution in [3.05, 3.63) is 59.4 Å². The van der Waals surface area contributed by atoms with Crippen molar-refractivity contribution in [2.45, 2.75) is 4.90 Å². The van der Waals surface area contributed by atoms with Gasteiger partial charge >= 0.3 is 0 Å². The number of hydrogen-bond donors (Lipinski definition) is 1. The van der Waals surface area contributed by atoms with Gasteiger partial charge in [0.05, 0.1) is 15.6 Å². The fourth-order valence-corrected chi connectivity index (χ4v) is 3.57. The first kappa shape index (κ1) is 16.3. The number of carbonyl (C=O) groups excluding carboxylic acids is 1. The fraction of sp³-hybridized carbons (Fsp3) is 0.0714. The van der Waals surface area contributed by atoms with Crippen molar-refractivity contribution in [1.82, 2.24) is 0 Å². The van der Waals surface area contributed by atoms with E-state index in [9.17, 15) is 17.6 Å². The van der Waals surface area contributed by atoms with Crippen molar-refractivity contribution < 1.29 is 17.6 Å². The van der Waals surface area contributed by atoms with Crippen LogP contribution in [0.2, 0.25) is 5.02 Å². The molecule has 0 aliphatic rings. The molecule has 5 nitrogen and oxygen atoms in total. The van der Waals surface area contributed by atoms with E-state index in [2.05, 4.69) is 0 Å². The van der Waals surface area contributed by atoms with Gasteiger partial charge in [0, 0.05) is 0 Å². The molecule has 0 unspecified atom stereocenters. The third-order valence-electron chi connectivity index (χ3n) is 2.82. The number of primary amides is 1. The number of sulfonamides is 1. The van der Waals surface area contributed by atoms with Crippen LogP contribution in [-0.2, 0) is 14.8 Å². The summed E-state index contributed by atoms with van der Waals surface area (Å²) < 4.78 is 39.1. The molecule has 0 bridgehead atoms. The minimum Gasteiger partial charge on any atom is -0.368 e. The van der Waals surface area contributed by atoms with Gasteiger partial charge in [-0.3, -0.25) is 9.10 Å². The van der Waals surface area contributed by atoms with Gasteiger partial charge in [-0.05, 0) is 36.4 Å². The molecule has 0 atom stereocenters. The minimum absolute atomic E-state index is 0.118. The third-order valence-corrected chi connectivity index (χ3v) is 4.92. The SMILES string of the molecule is NC(=O)CN(c1ccccc1Cl)S(=O)(=O)c1ccc(F)cc1. The molecule has 8 heteroatoms. The number of rotatable bonds is 5. The molecule has 0 spiro atoms. The number of halogens is 2. The highest BCUT2D eigenvalue weighted by Crippen LogP contribution is 2.30. The average molecular weight is 343 g/mol. The monoisotopic (exact) mass is 342 g/mol. The fourth-order valence-electron chi connectivity index (χ4n) is 1.83. The number of amides is 1. The molecule has 0 saturated heterocycles. The summed E-state index contributed by atoms with van der Waals surface area (Å²) in [5, 5.41) is 0.148. The van der Waals surface area contributed by atoms with E-state index in [1.165, 1.54) is 12.1 Å². The largest absolute Gasteiger partial charge is 0.368 e. The Labute approximate surface area is 132 Å². The van der Waals surface area contributed by atoms with E-state index < -0.39 is 28.3 Å². The van der Waals surface area contributed by atoms with E-state index in [1.807, 2.05) is 0 Å². The van der Waals surface area contributed by atoms with Crippen LogP contribution in [0.3, 0.4) is 0 Å². The van der Waals surface area contributed by atoms with Crippen molar-refractivity contribution in [1.29, 1.82) is 0 Å². The zero-order valence-electron chi connectivity index (χ0n) is 11.2. The van der Waals surface area contributed by atoms with Crippen LogP contribution in [-0.4, -0.2) is 20.9 Å². The van der Waals surface area contributed by atoms with E-state index in [4.69, 9.17) is 17.3 Å². The molecule has 22 heavy (non-hydrogen) atoms. The molecule has 2 aromatic carbocycles. The molecule has 2 N–H and O–H groups in total. The maximum absolute atomic E-state index is 13.0. The van der Waals surface area contributed by atoms with Crippen molar-refractivity contribution in [3.8, 4) is 0 Å². The van der Waals surface area contributed by atoms with Gasteiger partial charge in [-0.25, -0.2) is 12.8 Å². The quantitative estimate of drug-likeness (QED) is 0.904. The zero-order valence-corrected chi connectivity index (χ0v) is 12.8. The second-order valence-electron chi connectivity index (χ2n) is 4.38. The summed E-state index contributed by atoms with van der Waals surface area (Å²) in [6, 6.07) is 10.4. The summed E-state index contributed by atoms with van der Waals surface area (Å²) in [5.74, 6) is -1.41. The lowest BCUT2D eigenvalue weighted by Gasteiger charge is -2.24. The number of anilines is 1. The molecule has 1 amide bonds. The highest BCUT2D eigenvalue weighted by atomic mass is 35.5. The Hall–Kier alpha value is -2.12. The lowest BCUT2D eigenvalue weighted by Crippen LogP contribution is -2.38. The number of benzene rings is 2. The molecule has 0 aromatic heterocycles. The molecule has 2 rings (SSSR count). The normalized spacial score (nSPS) is 11.2. The zero-order chi connectivity index (χ0) is 16.3. The number of nitrogens with two attached hydrogens (primary N) is 1. The van der Waals surface area contributed by atoms with Gasteiger partial charge in [0.25, 0.3) is 10.0 Å². The predicted octanol–water partition coefficient (Wildman–Crippen LogP) is 2.16. The van der Waals surface area contributed by atoms with Crippen LogP contribution in [0.25, 0.3) is 0 Å². The van der Waals surface area contributed by atoms with Crippen molar-refractivity contribution >= 4 is 33.2 Å². The second-order valence-corrected chi connectivity index (χ2v) is 6.65. The Morgan fingerprint density at radius 1 is 1.14 bits per heavy atom. The van der Waals surface area contributed by atoms with Crippen molar-refractivity contribution in [2.24, 2.45) is 5.73 Å². The van der Waals surface area contributed by atoms with Gasteiger partial charge in [0.15, 0.2) is 0 Å². The molecular weight excluding hydrogens is 331 g/mol. The molecule has 116 valence electrons. The highest BCUT2D eigenvalue weighted by Gasteiger charge is 2.27. The summed E-state index contributed by atoms with van der Waals surface area (Å²) in [7, 11) is -4.11. The van der Waals surface area contributed by atoms with Gasteiger partial charge in [-0.1, -0.05) is 23.7 Å². The molecule has 0 radical (unpaired) electrons. The first-order valence-electron chi connectivity index (χ1n) is 6.13. The van der Waals surface area contributed by atoms with Gasteiger partial charge in [-0.2, -0.15) is 0 Å². The average Bonchev–Trinajstić information content (AvgIpc) is 2.46. The number of para-hydroxylation sites is 1. The first-order chi connectivity index (χ1) is 10.3. The summed E-state index contributed by atoms with van der Waals surface area (Å²) in [4.78, 5) is 11.1. The summed E-state index contributed by atoms with van der Waals surface area (Å²) >= 11 is 6.00. The molecule has 0 saturated carbocycles. The van der Waals surface area contributed by atoms with Crippen molar-refractivity contribution in [3.63, 3.8) is 0 Å². The maximum atomic E-state index is 13.0. The topological polar surface area (TPSA) is 80.5 Å². The number of hydrogen-bond acceptors (Lipinski definition) is 3. The van der Waals surface area contributed by atoms with Gasteiger partial charge in [0.2, 0.25) is 5.91 Å². The van der Waals surface area contributed by atoms with Crippen molar-refractivity contribution in [2.75, 3.05) is 10.8 Å². The first-order valence-corrected chi connectivity index (χ1v) is 7.95. The number of nitrogens with zero attached hydrogens (tertiary/aromatic N) is 1. The van der Waals surface area contributed by atoms with Crippen LogP contribution < -0.4 is 10.0 Å². The lowest BCUT2D eigenvalue weighted by molar-refractivity contribution is -0.116. The highest BCUT2D eigenvalue weighted by molar-refractivity contribution is 7.92. The molecule has 0 aliphatic carbocycles. The van der Waals surface area contributed by atoms with Crippen LogP contribution in [0.15, 0.2) is 53.4 Å². The van der Waals surface area contributed by atoms with E-state index in [1.54, 1.807) is 12.1 Å². The smallest absolute Gasteiger partial charge is 0.264 e. The van der Waals surface area contributed by atoms with Gasteiger partial charge in [0.1, 0.15) is 12.4 Å². The Balaban J connectivity index is 2.56. The summed E-state index contributed by atoms with van der Waals surface area (Å²) in [5.41, 5.74) is 5.25. The lowest BCUT2D eigenvalue weighted by atomic mass is 10.3. The maximum Gasteiger partial charge on any atom is 0.264 e. The molecule has 0 fully saturated rings. The van der Waals surface area contributed by atoms with E-state index in [0.29, 0.717) is 0 Å². The Bertz CT molecular complexity index is 794. The molecule has 0 heterocycles. The molecule has 2 aromatic rings. The molecular formula is C14H12ClFN2O3S. The van der Waals surface area contributed by atoms with E-state index in [-0.39, 0.29) is 15.6 Å². The van der Waals surface area contributed by atoms with Crippen LogP contribution in [0.4, 0.5) is 10.1 Å². The summed E-state index contributed by atoms with van der Waals surface area (Å²) in [6.45, 7) is -0.580. The van der Waals surface area contributed by atoms with Gasteiger partial charge < -0.3 is 5.73 Å². The minimum atomic E-state index is -4.11. The van der Waals surface area contributed by atoms with E-state index >= 15 is 0 Å². The Kier molecular flexibility index (Phi) is 4.68. The van der Waals surface area contributed by atoms with Gasteiger partial charge in [-0.15, -0.1) is 0 Å². The summed E-state index contributed by atoms with van der Waals surface area (Å²) in [6.07, 6.45) is 0. The standard InChI is InChI=1S/C14H12ClFN2O3S/c15-12-3-1-2-4-13(12)18(9-14(17)19)22(20,21)11-7-5-10(16)6-8-11/h1-8H,9H2,(H2,17,19). The molecule has 0 aliphatic heterocycles. The Morgan fingerprint density at radius 3 is 2.27 bits per heavy atom.